The predicted octanol–water partition coefficient (Wildman–Crippen LogP) is 1.90. The maximum Gasteiger partial charge on any atom is 0.366 e. The summed E-state index contributed by atoms with van der Waals surface area (Å²) in [5, 5.41) is 5.09. The van der Waals surface area contributed by atoms with Crippen LogP contribution in [-0.2, 0) is 9.09 Å². The third-order valence-corrected chi connectivity index (χ3v) is 3.78. The van der Waals surface area contributed by atoms with Crippen molar-refractivity contribution in [3.63, 3.8) is 0 Å². The molecular weight excluding hydrogens is 267 g/mol. The molecule has 1 atom stereocenters. The number of carbonyl (C=O) groups excluding carboxylic acids is 1. The molecule has 0 heterocycles. The number of benzene rings is 1. The topological polar surface area (TPSA) is 76.7 Å². The zero-order valence-electron chi connectivity index (χ0n) is 10.9. The summed E-state index contributed by atoms with van der Waals surface area (Å²) < 4.78 is 21.8. The average molecular weight is 282 g/mol. The molecule has 1 rings (SSSR count). The summed E-state index contributed by atoms with van der Waals surface area (Å²) >= 11 is 0. The van der Waals surface area contributed by atoms with Crippen molar-refractivity contribution in [2.24, 2.45) is 0 Å². The van der Waals surface area contributed by atoms with E-state index < -0.39 is 7.52 Å². The highest BCUT2D eigenvalue weighted by atomic mass is 31.2. The fourth-order valence-electron chi connectivity index (χ4n) is 1.38. The predicted molar refractivity (Wildman–Crippen MR) is 73.5 cm³/mol. The Balaban J connectivity index is 3.11. The molecule has 0 spiro atoms. The fraction of sp³-hybridized carbons (Fsp3) is 0.250. The molecule has 19 heavy (non-hydrogen) atoms. The average Bonchev–Trinajstić information content (AvgIpc) is 2.46. The van der Waals surface area contributed by atoms with Crippen molar-refractivity contribution in [1.29, 1.82) is 0 Å². The third kappa shape index (κ3) is 3.50. The molecule has 0 aliphatic heterocycles. The van der Waals surface area contributed by atoms with Gasteiger partial charge in [0, 0.05) is 31.6 Å². The molecule has 7 heteroatoms. The van der Waals surface area contributed by atoms with E-state index in [-0.39, 0.29) is 5.91 Å². The van der Waals surface area contributed by atoms with Gasteiger partial charge < -0.3 is 19.7 Å². The molecule has 0 aliphatic rings. The molecule has 1 aromatic rings. The van der Waals surface area contributed by atoms with Crippen LogP contribution in [0.5, 0.6) is 5.75 Å². The molecule has 0 radical (unpaired) electrons. The van der Waals surface area contributed by atoms with Crippen molar-refractivity contribution >= 4 is 19.1 Å². The second-order valence-electron chi connectivity index (χ2n) is 3.47. The van der Waals surface area contributed by atoms with Crippen LogP contribution in [0.15, 0.2) is 18.2 Å². The number of amides is 1. The molecule has 1 aromatic carbocycles. The Kier molecular flexibility index (Phi) is 4.99. The molecule has 2 N–H and O–H groups in total. The Morgan fingerprint density at radius 2 is 2.11 bits per heavy atom. The van der Waals surface area contributed by atoms with Gasteiger partial charge in [0.2, 0.25) is 0 Å². The zero-order valence-corrected chi connectivity index (χ0v) is 11.8. The molecule has 0 aliphatic carbocycles. The van der Waals surface area contributed by atoms with E-state index in [2.05, 4.69) is 16.1 Å². The molecule has 6 nitrogen and oxygen atoms in total. The lowest BCUT2D eigenvalue weighted by atomic mass is 10.1. The summed E-state index contributed by atoms with van der Waals surface area (Å²) in [6.45, 7) is 0. The summed E-state index contributed by atoms with van der Waals surface area (Å²) in [5.74, 6) is 0.0549. The number of ether oxygens (including phenoxy) is 1. The van der Waals surface area contributed by atoms with Crippen LogP contribution < -0.4 is 15.1 Å². The lowest BCUT2D eigenvalue weighted by Crippen LogP contribution is -2.18. The van der Waals surface area contributed by atoms with E-state index in [9.17, 15) is 9.36 Å². The molecule has 0 aromatic heterocycles. The highest BCUT2D eigenvalue weighted by molar-refractivity contribution is 7.65. The van der Waals surface area contributed by atoms with Crippen molar-refractivity contribution in [2.75, 3.05) is 26.4 Å². The number of terminal acetylenes is 1. The van der Waals surface area contributed by atoms with Gasteiger partial charge >= 0.3 is 7.52 Å². The number of rotatable bonds is 5. The summed E-state index contributed by atoms with van der Waals surface area (Å²) in [4.78, 5) is 11.6. The lowest BCUT2D eigenvalue weighted by molar-refractivity contribution is 0.0960. The first-order chi connectivity index (χ1) is 8.99. The molecule has 0 saturated heterocycles. The normalized spacial score (nSPS) is 12.9. The van der Waals surface area contributed by atoms with Crippen LogP contribution in [0.1, 0.15) is 10.4 Å². The molecule has 0 fully saturated rings. The van der Waals surface area contributed by atoms with Gasteiger partial charge in [-0.3, -0.25) is 9.36 Å². The van der Waals surface area contributed by atoms with Crippen LogP contribution in [0.3, 0.4) is 0 Å². The molecule has 0 saturated carbocycles. The molecular formula is C12H15N2O4P. The van der Waals surface area contributed by atoms with Crippen molar-refractivity contribution in [3.8, 4) is 17.8 Å². The first-order valence-corrected chi connectivity index (χ1v) is 6.94. The van der Waals surface area contributed by atoms with Gasteiger partial charge in [0.05, 0.1) is 12.7 Å². The van der Waals surface area contributed by atoms with Crippen molar-refractivity contribution in [3.05, 3.63) is 23.8 Å². The van der Waals surface area contributed by atoms with Crippen molar-refractivity contribution in [2.45, 2.75) is 0 Å². The smallest absolute Gasteiger partial charge is 0.366 e. The highest BCUT2D eigenvalue weighted by Crippen LogP contribution is 2.44. The minimum absolute atomic E-state index is 0.282. The Morgan fingerprint density at radius 3 is 2.58 bits per heavy atom. The van der Waals surface area contributed by atoms with Gasteiger partial charge in [-0.1, -0.05) is 0 Å². The fourth-order valence-corrected chi connectivity index (χ4v) is 2.12. The molecule has 1 amide bonds. The second kappa shape index (κ2) is 6.28. The SMILES string of the molecule is C#CP(=O)(Nc1ccc(C(=O)NC)c(OC)c1)OC. The summed E-state index contributed by atoms with van der Waals surface area (Å²) in [6.07, 6.45) is 5.14. The summed E-state index contributed by atoms with van der Waals surface area (Å²) in [5.41, 5.74) is 2.87. The van der Waals surface area contributed by atoms with E-state index in [0.717, 1.165) is 0 Å². The number of anilines is 1. The number of nitrogens with one attached hydrogen (secondary N) is 2. The molecule has 102 valence electrons. The van der Waals surface area contributed by atoms with Gasteiger partial charge in [0.1, 0.15) is 5.75 Å². The van der Waals surface area contributed by atoms with Crippen LogP contribution in [0.4, 0.5) is 5.69 Å². The summed E-state index contributed by atoms with van der Waals surface area (Å²) in [6, 6.07) is 4.63. The van der Waals surface area contributed by atoms with E-state index in [4.69, 9.17) is 15.7 Å². The number of hydrogen-bond donors (Lipinski definition) is 2. The Labute approximate surface area is 112 Å². The minimum atomic E-state index is -3.36. The Morgan fingerprint density at radius 1 is 1.42 bits per heavy atom. The first-order valence-electron chi connectivity index (χ1n) is 5.31. The number of carbonyl (C=O) groups is 1. The van der Waals surface area contributed by atoms with Crippen molar-refractivity contribution < 1.29 is 18.6 Å². The maximum atomic E-state index is 11.9. The monoisotopic (exact) mass is 282 g/mol. The van der Waals surface area contributed by atoms with Gasteiger partial charge in [-0.25, -0.2) is 0 Å². The van der Waals surface area contributed by atoms with Crippen molar-refractivity contribution in [1.82, 2.24) is 5.32 Å². The van der Waals surface area contributed by atoms with Crippen LogP contribution in [0, 0.1) is 12.1 Å². The Hall–Kier alpha value is -1.96. The van der Waals surface area contributed by atoms with E-state index in [0.29, 0.717) is 17.0 Å². The maximum absolute atomic E-state index is 11.9. The van der Waals surface area contributed by atoms with E-state index >= 15 is 0 Å². The van der Waals surface area contributed by atoms with Gasteiger partial charge in [-0.05, 0) is 12.1 Å². The Bertz CT molecular complexity index is 565. The van der Waals surface area contributed by atoms with Gasteiger partial charge in [-0.15, -0.1) is 6.42 Å². The first kappa shape index (κ1) is 15.1. The standard InChI is InChI=1S/C12H15N2O4P/c1-5-19(16,18-4)14-9-6-7-10(12(15)13-2)11(8-9)17-3/h1,6-8H,2-4H3,(H,13,15)(H,14,16). The van der Waals surface area contributed by atoms with Gasteiger partial charge in [0.25, 0.3) is 5.91 Å². The van der Waals surface area contributed by atoms with Gasteiger partial charge in [-0.2, -0.15) is 0 Å². The summed E-state index contributed by atoms with van der Waals surface area (Å²) in [7, 11) is 0.849. The highest BCUT2D eigenvalue weighted by Gasteiger charge is 2.19. The van der Waals surface area contributed by atoms with E-state index in [1.165, 1.54) is 33.4 Å². The van der Waals surface area contributed by atoms with Crippen LogP contribution in [-0.4, -0.2) is 27.2 Å². The lowest BCUT2D eigenvalue weighted by Gasteiger charge is -2.14. The third-order valence-electron chi connectivity index (χ3n) is 2.38. The molecule has 1 unspecified atom stereocenters. The molecule has 0 bridgehead atoms. The van der Waals surface area contributed by atoms with Gasteiger partial charge in [0.15, 0.2) is 0 Å². The quantitative estimate of drug-likeness (QED) is 0.637. The van der Waals surface area contributed by atoms with Crippen LogP contribution >= 0.6 is 7.52 Å². The zero-order chi connectivity index (χ0) is 14.5. The minimum Gasteiger partial charge on any atom is -0.496 e. The number of hydrogen-bond acceptors (Lipinski definition) is 4. The van der Waals surface area contributed by atoms with E-state index in [1.54, 1.807) is 6.07 Å². The van der Waals surface area contributed by atoms with E-state index in [1.807, 2.05) is 0 Å². The van der Waals surface area contributed by atoms with Crippen LogP contribution in [0.25, 0.3) is 0 Å². The second-order valence-corrected chi connectivity index (χ2v) is 5.42. The van der Waals surface area contributed by atoms with Crippen LogP contribution in [0.2, 0.25) is 0 Å². The number of methoxy groups -OCH3 is 1. The largest absolute Gasteiger partial charge is 0.496 e.